The minimum Gasteiger partial charge on any atom is -0.497 e. The van der Waals surface area contributed by atoms with E-state index >= 15 is 0 Å². The number of aromatic nitrogens is 2. The molecule has 1 N–H and O–H groups in total. The number of ether oxygens (including phenoxy) is 1. The molecule has 24 heavy (non-hydrogen) atoms. The second-order valence-corrected chi connectivity index (χ2v) is 5.47. The van der Waals surface area contributed by atoms with Crippen LogP contribution >= 0.6 is 11.6 Å². The van der Waals surface area contributed by atoms with Crippen molar-refractivity contribution < 1.29 is 22.7 Å². The standard InChI is InChI=1S/C15H15ClF3N3O2/c1-8-12(16)13(15(17,18)19)21-22(8)9(2)14(23)20-10-5-4-6-11(7-10)24-3/h4-7,9H,1-3H3,(H,20,23). The quantitative estimate of drug-likeness (QED) is 0.893. The maximum absolute atomic E-state index is 12.9. The van der Waals surface area contributed by atoms with Crippen molar-refractivity contribution in [1.29, 1.82) is 0 Å². The molecule has 0 aliphatic rings. The van der Waals surface area contributed by atoms with Crippen LogP contribution in [-0.2, 0) is 11.0 Å². The average Bonchev–Trinajstić information content (AvgIpc) is 2.82. The van der Waals surface area contributed by atoms with E-state index in [2.05, 4.69) is 10.4 Å². The highest BCUT2D eigenvalue weighted by Crippen LogP contribution is 2.36. The first-order chi connectivity index (χ1) is 11.1. The number of rotatable bonds is 4. The van der Waals surface area contributed by atoms with Gasteiger partial charge in [-0.3, -0.25) is 9.48 Å². The summed E-state index contributed by atoms with van der Waals surface area (Å²) in [5.41, 5.74) is -0.682. The fourth-order valence-electron chi connectivity index (χ4n) is 2.12. The summed E-state index contributed by atoms with van der Waals surface area (Å²) in [5.74, 6) is 0.0115. The SMILES string of the molecule is COc1cccc(NC(=O)C(C)n2nc(C(F)(F)F)c(Cl)c2C)c1. The molecule has 0 aliphatic carbocycles. The van der Waals surface area contributed by atoms with E-state index in [1.165, 1.54) is 21.0 Å². The maximum atomic E-state index is 12.9. The Morgan fingerprint density at radius 1 is 1.42 bits per heavy atom. The molecular weight excluding hydrogens is 347 g/mol. The van der Waals surface area contributed by atoms with Gasteiger partial charge >= 0.3 is 6.18 Å². The minimum absolute atomic E-state index is 0.0669. The van der Waals surface area contributed by atoms with Crippen LogP contribution < -0.4 is 10.1 Å². The monoisotopic (exact) mass is 361 g/mol. The molecule has 2 rings (SSSR count). The Labute approximate surface area is 141 Å². The normalized spacial score (nSPS) is 12.8. The van der Waals surface area contributed by atoms with E-state index in [0.717, 1.165) is 4.68 Å². The van der Waals surface area contributed by atoms with Gasteiger partial charge in [-0.15, -0.1) is 0 Å². The van der Waals surface area contributed by atoms with Crippen molar-refractivity contribution >= 4 is 23.2 Å². The highest BCUT2D eigenvalue weighted by molar-refractivity contribution is 6.32. The van der Waals surface area contributed by atoms with E-state index in [9.17, 15) is 18.0 Å². The van der Waals surface area contributed by atoms with Gasteiger partial charge in [-0.2, -0.15) is 18.3 Å². The number of nitrogens with one attached hydrogen (secondary N) is 1. The van der Waals surface area contributed by atoms with Crippen LogP contribution in [0.3, 0.4) is 0 Å². The molecule has 9 heteroatoms. The molecule has 0 bridgehead atoms. The molecule has 2 aromatic rings. The van der Waals surface area contributed by atoms with Gasteiger partial charge in [-0.05, 0) is 26.0 Å². The molecule has 1 heterocycles. The van der Waals surface area contributed by atoms with Crippen molar-refractivity contribution in [3.05, 3.63) is 40.7 Å². The molecular formula is C15H15ClF3N3O2. The Balaban J connectivity index is 2.25. The molecule has 0 radical (unpaired) electrons. The first-order valence-corrected chi connectivity index (χ1v) is 7.29. The lowest BCUT2D eigenvalue weighted by molar-refractivity contribution is -0.141. The fourth-order valence-corrected chi connectivity index (χ4v) is 2.35. The lowest BCUT2D eigenvalue weighted by Crippen LogP contribution is -2.25. The number of carbonyl (C=O) groups excluding carboxylic acids is 1. The lowest BCUT2D eigenvalue weighted by Gasteiger charge is -2.15. The predicted octanol–water partition coefficient (Wildman–Crippen LogP) is 4.07. The Morgan fingerprint density at radius 3 is 2.62 bits per heavy atom. The van der Waals surface area contributed by atoms with Gasteiger partial charge < -0.3 is 10.1 Å². The van der Waals surface area contributed by atoms with E-state index < -0.39 is 28.8 Å². The van der Waals surface area contributed by atoms with E-state index in [0.29, 0.717) is 11.4 Å². The van der Waals surface area contributed by atoms with Crippen molar-refractivity contribution in [3.8, 4) is 5.75 Å². The van der Waals surface area contributed by atoms with Crippen LogP contribution in [0.2, 0.25) is 5.02 Å². The third-order valence-corrected chi connectivity index (χ3v) is 3.88. The van der Waals surface area contributed by atoms with Crippen molar-refractivity contribution in [2.24, 2.45) is 0 Å². The molecule has 0 saturated heterocycles. The second-order valence-electron chi connectivity index (χ2n) is 5.09. The van der Waals surface area contributed by atoms with Gasteiger partial charge in [0.15, 0.2) is 5.69 Å². The number of halogens is 4. The molecule has 0 spiro atoms. The number of amides is 1. The van der Waals surface area contributed by atoms with Gasteiger partial charge in [0.1, 0.15) is 11.8 Å². The zero-order valence-corrected chi connectivity index (χ0v) is 13.9. The van der Waals surface area contributed by atoms with E-state index in [-0.39, 0.29) is 5.69 Å². The van der Waals surface area contributed by atoms with Crippen LogP contribution in [0.1, 0.15) is 24.4 Å². The molecule has 0 saturated carbocycles. The summed E-state index contributed by atoms with van der Waals surface area (Å²) in [5, 5.41) is 5.55. The van der Waals surface area contributed by atoms with Gasteiger partial charge in [-0.1, -0.05) is 17.7 Å². The molecule has 130 valence electrons. The highest BCUT2D eigenvalue weighted by Gasteiger charge is 2.39. The smallest absolute Gasteiger partial charge is 0.436 e. The predicted molar refractivity (Wildman–Crippen MR) is 83.3 cm³/mol. The molecule has 0 fully saturated rings. The van der Waals surface area contributed by atoms with Gasteiger partial charge in [-0.25, -0.2) is 0 Å². The molecule has 1 unspecified atom stereocenters. The van der Waals surface area contributed by atoms with Crippen molar-refractivity contribution in [2.75, 3.05) is 12.4 Å². The summed E-state index contributed by atoms with van der Waals surface area (Å²) >= 11 is 5.70. The summed E-state index contributed by atoms with van der Waals surface area (Å²) in [4.78, 5) is 12.3. The number of alkyl halides is 3. The Morgan fingerprint density at radius 2 is 2.08 bits per heavy atom. The molecule has 1 aromatic heterocycles. The number of anilines is 1. The second kappa shape index (κ2) is 6.72. The first kappa shape index (κ1) is 18.1. The molecule has 5 nitrogen and oxygen atoms in total. The van der Waals surface area contributed by atoms with E-state index in [1.807, 2.05) is 0 Å². The van der Waals surface area contributed by atoms with Crippen LogP contribution in [0, 0.1) is 6.92 Å². The largest absolute Gasteiger partial charge is 0.497 e. The van der Waals surface area contributed by atoms with Crippen molar-refractivity contribution in [1.82, 2.24) is 9.78 Å². The van der Waals surface area contributed by atoms with Crippen molar-refractivity contribution in [3.63, 3.8) is 0 Å². The third kappa shape index (κ3) is 3.64. The van der Waals surface area contributed by atoms with Crippen LogP contribution in [0.4, 0.5) is 18.9 Å². The van der Waals surface area contributed by atoms with Gasteiger partial charge in [0.05, 0.1) is 17.8 Å². The number of benzene rings is 1. The van der Waals surface area contributed by atoms with Crippen LogP contribution in [0.25, 0.3) is 0 Å². The zero-order valence-electron chi connectivity index (χ0n) is 13.1. The third-order valence-electron chi connectivity index (χ3n) is 3.43. The number of methoxy groups -OCH3 is 1. The van der Waals surface area contributed by atoms with Crippen LogP contribution in [0.15, 0.2) is 24.3 Å². The zero-order chi connectivity index (χ0) is 18.1. The topological polar surface area (TPSA) is 56.1 Å². The summed E-state index contributed by atoms with van der Waals surface area (Å²) < 4.78 is 44.6. The number of hydrogen-bond donors (Lipinski definition) is 1. The Kier molecular flexibility index (Phi) is 5.08. The molecule has 1 aromatic carbocycles. The highest BCUT2D eigenvalue weighted by atomic mass is 35.5. The number of hydrogen-bond acceptors (Lipinski definition) is 3. The minimum atomic E-state index is -4.68. The van der Waals surface area contributed by atoms with Gasteiger partial charge in [0.25, 0.3) is 0 Å². The Bertz CT molecular complexity index is 759. The van der Waals surface area contributed by atoms with Gasteiger partial charge in [0.2, 0.25) is 5.91 Å². The van der Waals surface area contributed by atoms with E-state index in [1.54, 1.807) is 24.3 Å². The molecule has 0 aliphatic heterocycles. The average molecular weight is 362 g/mol. The fraction of sp³-hybridized carbons (Fsp3) is 0.333. The first-order valence-electron chi connectivity index (χ1n) is 6.92. The van der Waals surface area contributed by atoms with Crippen LogP contribution in [-0.4, -0.2) is 22.8 Å². The molecule has 1 atom stereocenters. The van der Waals surface area contributed by atoms with E-state index in [4.69, 9.17) is 16.3 Å². The maximum Gasteiger partial charge on any atom is 0.436 e. The van der Waals surface area contributed by atoms with Crippen molar-refractivity contribution in [2.45, 2.75) is 26.1 Å². The lowest BCUT2D eigenvalue weighted by atomic mass is 10.2. The number of carbonyl (C=O) groups is 1. The van der Waals surface area contributed by atoms with Crippen LogP contribution in [0.5, 0.6) is 5.75 Å². The number of nitrogens with zero attached hydrogens (tertiary/aromatic N) is 2. The van der Waals surface area contributed by atoms with Gasteiger partial charge in [0, 0.05) is 11.8 Å². The summed E-state index contributed by atoms with van der Waals surface area (Å²) in [6.07, 6.45) is -4.68. The summed E-state index contributed by atoms with van der Waals surface area (Å²) in [7, 11) is 1.48. The Hall–Kier alpha value is -2.22. The molecule has 1 amide bonds. The summed E-state index contributed by atoms with van der Waals surface area (Å²) in [6.45, 7) is 2.81. The summed E-state index contributed by atoms with van der Waals surface area (Å²) in [6, 6.07) is 5.62.